The van der Waals surface area contributed by atoms with Gasteiger partial charge in [0.1, 0.15) is 11.1 Å². The van der Waals surface area contributed by atoms with E-state index >= 15 is 0 Å². The summed E-state index contributed by atoms with van der Waals surface area (Å²) in [5, 5.41) is 11.1. The van der Waals surface area contributed by atoms with Crippen LogP contribution in [0.2, 0.25) is 0 Å². The Morgan fingerprint density at radius 2 is 2.07 bits per heavy atom. The first-order valence-electron chi connectivity index (χ1n) is 8.90. The normalized spacial score (nSPS) is 12.9. The molecule has 0 unspecified atom stereocenters. The fourth-order valence-electron chi connectivity index (χ4n) is 3.61. The summed E-state index contributed by atoms with van der Waals surface area (Å²) >= 11 is 1.34. The van der Waals surface area contributed by atoms with E-state index in [1.807, 2.05) is 49.1 Å². The highest BCUT2D eigenvalue weighted by Crippen LogP contribution is 2.30. The molecule has 0 fully saturated rings. The Bertz CT molecular complexity index is 1100. The highest BCUT2D eigenvalue weighted by atomic mass is 32.2. The average Bonchev–Trinajstić information content (AvgIpc) is 3.09. The number of nitriles is 1. The van der Waals surface area contributed by atoms with Gasteiger partial charge < -0.3 is 4.90 Å². The quantitative estimate of drug-likeness (QED) is 0.638. The van der Waals surface area contributed by atoms with Crippen LogP contribution in [0.4, 0.5) is 5.69 Å². The fraction of sp³-hybridized carbons (Fsp3) is 0.227. The van der Waals surface area contributed by atoms with Crippen molar-refractivity contribution in [3.63, 3.8) is 0 Å². The van der Waals surface area contributed by atoms with Crippen LogP contribution in [0.15, 0.2) is 47.5 Å². The van der Waals surface area contributed by atoms with Gasteiger partial charge in [-0.2, -0.15) is 5.26 Å². The van der Waals surface area contributed by atoms with Gasteiger partial charge >= 0.3 is 0 Å². The van der Waals surface area contributed by atoms with E-state index in [1.165, 1.54) is 17.3 Å². The van der Waals surface area contributed by atoms with E-state index in [9.17, 15) is 10.1 Å². The molecule has 1 aliphatic rings. The summed E-state index contributed by atoms with van der Waals surface area (Å²) in [5.74, 6) is 0.322. The minimum Gasteiger partial charge on any atom is -0.311 e. The number of pyridine rings is 1. The highest BCUT2D eigenvalue weighted by Gasteiger charge is 2.24. The second kappa shape index (κ2) is 7.05. The standard InChI is InChI=1S/C22H19N3OS/c1-14-9-15(2)18-11-17(12-23)22(24-19(18)10-14)27-13-21(26)25-8-7-16-5-3-4-6-20(16)25/h3-6,9-11H,7-8,13H2,1-2H3. The van der Waals surface area contributed by atoms with Gasteiger partial charge in [0.15, 0.2) is 0 Å². The Hall–Kier alpha value is -2.84. The highest BCUT2D eigenvalue weighted by molar-refractivity contribution is 8.00. The molecule has 3 aromatic rings. The second-order valence-electron chi connectivity index (χ2n) is 6.81. The van der Waals surface area contributed by atoms with Crippen molar-refractivity contribution < 1.29 is 4.79 Å². The third-order valence-electron chi connectivity index (χ3n) is 4.89. The van der Waals surface area contributed by atoms with Gasteiger partial charge in [-0.1, -0.05) is 36.0 Å². The summed E-state index contributed by atoms with van der Waals surface area (Å²) in [5.41, 5.74) is 5.85. The van der Waals surface area contributed by atoms with Gasteiger partial charge in [0.2, 0.25) is 5.91 Å². The molecule has 0 spiro atoms. The van der Waals surface area contributed by atoms with Gasteiger partial charge in [-0.3, -0.25) is 4.79 Å². The van der Waals surface area contributed by atoms with Crippen molar-refractivity contribution in [3.05, 3.63) is 64.7 Å². The minimum absolute atomic E-state index is 0.0520. The lowest BCUT2D eigenvalue weighted by Crippen LogP contribution is -2.30. The number of aromatic nitrogens is 1. The van der Waals surface area contributed by atoms with E-state index < -0.39 is 0 Å². The van der Waals surface area contributed by atoms with Crippen LogP contribution in [0.3, 0.4) is 0 Å². The molecule has 0 aliphatic carbocycles. The van der Waals surface area contributed by atoms with Gasteiger partial charge in [-0.25, -0.2) is 4.98 Å². The third kappa shape index (κ3) is 3.29. The molecule has 0 bridgehead atoms. The molecule has 4 rings (SSSR count). The molecule has 0 atom stereocenters. The number of hydrogen-bond donors (Lipinski definition) is 0. The number of carbonyl (C=O) groups excluding carboxylic acids is 1. The zero-order valence-electron chi connectivity index (χ0n) is 15.3. The Labute approximate surface area is 162 Å². The van der Waals surface area contributed by atoms with Crippen molar-refractivity contribution in [2.45, 2.75) is 25.3 Å². The van der Waals surface area contributed by atoms with Gasteiger partial charge in [0, 0.05) is 17.6 Å². The minimum atomic E-state index is 0.0520. The van der Waals surface area contributed by atoms with E-state index in [0.29, 0.717) is 17.1 Å². The number of benzene rings is 2. The number of thioether (sulfide) groups is 1. The molecular formula is C22H19N3OS. The number of rotatable bonds is 3. The Morgan fingerprint density at radius 1 is 1.26 bits per heavy atom. The number of hydrogen-bond acceptors (Lipinski definition) is 4. The number of carbonyl (C=O) groups is 1. The lowest BCUT2D eigenvalue weighted by molar-refractivity contribution is -0.116. The molecule has 0 saturated carbocycles. The maximum atomic E-state index is 12.7. The van der Waals surface area contributed by atoms with Gasteiger partial charge in [0.25, 0.3) is 0 Å². The van der Waals surface area contributed by atoms with E-state index in [2.05, 4.69) is 23.2 Å². The van der Waals surface area contributed by atoms with Crippen LogP contribution in [0.5, 0.6) is 0 Å². The first kappa shape index (κ1) is 17.6. The first-order chi connectivity index (χ1) is 13.1. The number of aryl methyl sites for hydroxylation is 2. The Morgan fingerprint density at radius 3 is 2.89 bits per heavy atom. The first-order valence-corrected chi connectivity index (χ1v) is 9.88. The van der Waals surface area contributed by atoms with Crippen LogP contribution in [0.25, 0.3) is 10.9 Å². The van der Waals surface area contributed by atoms with Crippen molar-refractivity contribution in [1.82, 2.24) is 4.98 Å². The molecule has 2 heterocycles. The van der Waals surface area contributed by atoms with E-state index in [1.54, 1.807) is 0 Å². The summed E-state index contributed by atoms with van der Waals surface area (Å²) in [6.45, 7) is 4.78. The third-order valence-corrected chi connectivity index (χ3v) is 5.87. The zero-order chi connectivity index (χ0) is 19.0. The summed E-state index contributed by atoms with van der Waals surface area (Å²) in [6.07, 6.45) is 0.892. The van der Waals surface area contributed by atoms with Crippen molar-refractivity contribution >= 4 is 34.3 Å². The number of para-hydroxylation sites is 1. The van der Waals surface area contributed by atoms with Crippen LogP contribution in [-0.2, 0) is 11.2 Å². The molecule has 2 aromatic carbocycles. The van der Waals surface area contributed by atoms with Crippen molar-refractivity contribution in [1.29, 1.82) is 5.26 Å². The summed E-state index contributed by atoms with van der Waals surface area (Å²) < 4.78 is 0. The maximum absolute atomic E-state index is 12.7. The monoisotopic (exact) mass is 373 g/mol. The summed E-state index contributed by atoms with van der Waals surface area (Å²) in [7, 11) is 0. The van der Waals surface area contributed by atoms with E-state index in [0.717, 1.165) is 34.1 Å². The fourth-order valence-corrected chi connectivity index (χ4v) is 4.45. The Kier molecular flexibility index (Phi) is 4.59. The smallest absolute Gasteiger partial charge is 0.237 e. The number of fused-ring (bicyclic) bond motifs is 2. The molecule has 0 saturated heterocycles. The molecule has 0 N–H and O–H groups in total. The average molecular weight is 373 g/mol. The molecule has 4 nitrogen and oxygen atoms in total. The molecule has 1 aromatic heterocycles. The van der Waals surface area contributed by atoms with Gasteiger partial charge in [-0.05, 0) is 55.2 Å². The van der Waals surface area contributed by atoms with Crippen LogP contribution < -0.4 is 4.90 Å². The molecular weight excluding hydrogens is 354 g/mol. The van der Waals surface area contributed by atoms with Crippen LogP contribution in [-0.4, -0.2) is 23.2 Å². The number of nitrogens with zero attached hydrogens (tertiary/aromatic N) is 3. The lowest BCUT2D eigenvalue weighted by Gasteiger charge is -2.17. The molecule has 134 valence electrons. The van der Waals surface area contributed by atoms with Crippen molar-refractivity contribution in [2.75, 3.05) is 17.2 Å². The number of amides is 1. The molecule has 1 amide bonds. The van der Waals surface area contributed by atoms with Crippen LogP contribution >= 0.6 is 11.8 Å². The van der Waals surface area contributed by atoms with Crippen LogP contribution in [0.1, 0.15) is 22.3 Å². The SMILES string of the molecule is Cc1cc(C)c2cc(C#N)c(SCC(=O)N3CCc4ccccc43)nc2c1. The van der Waals surface area contributed by atoms with E-state index in [-0.39, 0.29) is 11.7 Å². The lowest BCUT2D eigenvalue weighted by atomic mass is 10.1. The maximum Gasteiger partial charge on any atom is 0.237 e. The topological polar surface area (TPSA) is 57.0 Å². The Balaban J connectivity index is 1.59. The number of anilines is 1. The zero-order valence-corrected chi connectivity index (χ0v) is 16.1. The van der Waals surface area contributed by atoms with Gasteiger partial charge in [0.05, 0.1) is 16.8 Å². The van der Waals surface area contributed by atoms with E-state index in [4.69, 9.17) is 0 Å². The predicted molar refractivity (Wildman–Crippen MR) is 109 cm³/mol. The van der Waals surface area contributed by atoms with Crippen molar-refractivity contribution in [2.24, 2.45) is 0 Å². The molecule has 0 radical (unpaired) electrons. The largest absolute Gasteiger partial charge is 0.311 e. The molecule has 1 aliphatic heterocycles. The predicted octanol–water partition coefficient (Wildman–Crippen LogP) is 4.40. The summed E-state index contributed by atoms with van der Waals surface area (Å²) in [6, 6.07) is 16.2. The molecule has 5 heteroatoms. The van der Waals surface area contributed by atoms with Crippen molar-refractivity contribution in [3.8, 4) is 6.07 Å². The second-order valence-corrected chi connectivity index (χ2v) is 7.78. The van der Waals surface area contributed by atoms with Gasteiger partial charge in [-0.15, -0.1) is 0 Å². The summed E-state index contributed by atoms with van der Waals surface area (Å²) in [4.78, 5) is 19.3. The molecule has 27 heavy (non-hydrogen) atoms. The van der Waals surface area contributed by atoms with Crippen LogP contribution in [0, 0.1) is 25.2 Å².